The van der Waals surface area contributed by atoms with Crippen molar-refractivity contribution < 1.29 is 9.53 Å². The maximum Gasteiger partial charge on any atom is 0.222 e. The molecular formula is C16H24N2O2. The van der Waals surface area contributed by atoms with Gasteiger partial charge in [-0.15, -0.1) is 0 Å². The lowest BCUT2D eigenvalue weighted by molar-refractivity contribution is -0.120. The van der Waals surface area contributed by atoms with Gasteiger partial charge in [0.2, 0.25) is 5.91 Å². The number of anilines is 1. The van der Waals surface area contributed by atoms with Gasteiger partial charge < -0.3 is 15.4 Å². The average Bonchev–Trinajstić information content (AvgIpc) is 2.63. The van der Waals surface area contributed by atoms with Crippen LogP contribution in [0.1, 0.15) is 38.2 Å². The molecule has 1 aromatic rings. The highest BCUT2D eigenvalue weighted by Gasteiger charge is 2.18. The van der Waals surface area contributed by atoms with Crippen LogP contribution in [0.2, 0.25) is 0 Å². The van der Waals surface area contributed by atoms with Gasteiger partial charge in [-0.1, -0.05) is 13.0 Å². The summed E-state index contributed by atoms with van der Waals surface area (Å²) in [4.78, 5) is 11.6. The summed E-state index contributed by atoms with van der Waals surface area (Å²) in [5.74, 6) is 1.01. The van der Waals surface area contributed by atoms with Crippen molar-refractivity contribution in [3.05, 3.63) is 23.8 Å². The molecule has 0 radical (unpaired) electrons. The largest absolute Gasteiger partial charge is 0.491 e. The Hall–Kier alpha value is -1.71. The SMILES string of the molecule is CCCOc1cc(C)ccc1NC1CCCNC(=O)C1. The van der Waals surface area contributed by atoms with Crippen LogP contribution in [0.3, 0.4) is 0 Å². The van der Waals surface area contributed by atoms with Crippen LogP contribution in [0.4, 0.5) is 5.69 Å². The van der Waals surface area contributed by atoms with Gasteiger partial charge in [-0.2, -0.15) is 0 Å². The summed E-state index contributed by atoms with van der Waals surface area (Å²) in [6.07, 6.45) is 3.53. The average molecular weight is 276 g/mol. The number of aryl methyl sites for hydroxylation is 1. The fourth-order valence-corrected chi connectivity index (χ4v) is 2.40. The number of rotatable bonds is 5. The molecule has 2 N–H and O–H groups in total. The Labute approximate surface area is 120 Å². The summed E-state index contributed by atoms with van der Waals surface area (Å²) in [6, 6.07) is 6.35. The van der Waals surface area contributed by atoms with Crippen molar-refractivity contribution in [2.45, 2.75) is 45.6 Å². The van der Waals surface area contributed by atoms with Crippen LogP contribution in [-0.2, 0) is 4.79 Å². The number of ether oxygens (including phenoxy) is 1. The molecule has 1 unspecified atom stereocenters. The van der Waals surface area contributed by atoms with E-state index in [2.05, 4.69) is 36.6 Å². The van der Waals surface area contributed by atoms with Gasteiger partial charge in [0, 0.05) is 19.0 Å². The molecule has 0 spiro atoms. The summed E-state index contributed by atoms with van der Waals surface area (Å²) in [5.41, 5.74) is 2.17. The van der Waals surface area contributed by atoms with Gasteiger partial charge >= 0.3 is 0 Å². The van der Waals surface area contributed by atoms with Crippen molar-refractivity contribution in [1.82, 2.24) is 5.32 Å². The van der Waals surface area contributed by atoms with E-state index in [1.165, 1.54) is 5.56 Å². The minimum absolute atomic E-state index is 0.128. The summed E-state index contributed by atoms with van der Waals surface area (Å²) in [5, 5.41) is 6.38. The predicted octanol–water partition coefficient (Wildman–Crippen LogP) is 2.86. The fourth-order valence-electron chi connectivity index (χ4n) is 2.40. The lowest BCUT2D eigenvalue weighted by Gasteiger charge is -2.20. The minimum atomic E-state index is 0.128. The zero-order valence-corrected chi connectivity index (χ0v) is 12.4. The van der Waals surface area contributed by atoms with Crippen LogP contribution >= 0.6 is 0 Å². The molecule has 1 saturated heterocycles. The lowest BCUT2D eigenvalue weighted by Crippen LogP contribution is -2.27. The molecule has 1 atom stereocenters. The molecule has 1 amide bonds. The van der Waals surface area contributed by atoms with E-state index < -0.39 is 0 Å². The molecule has 1 aliphatic rings. The highest BCUT2D eigenvalue weighted by Crippen LogP contribution is 2.28. The molecular weight excluding hydrogens is 252 g/mol. The van der Waals surface area contributed by atoms with Crippen LogP contribution in [-0.4, -0.2) is 25.1 Å². The summed E-state index contributed by atoms with van der Waals surface area (Å²) < 4.78 is 5.80. The van der Waals surface area contributed by atoms with Crippen molar-refractivity contribution in [1.29, 1.82) is 0 Å². The molecule has 1 fully saturated rings. The summed E-state index contributed by atoms with van der Waals surface area (Å²) in [6.45, 7) is 5.65. The van der Waals surface area contributed by atoms with E-state index in [9.17, 15) is 4.79 Å². The quantitative estimate of drug-likeness (QED) is 0.869. The molecule has 1 heterocycles. The van der Waals surface area contributed by atoms with E-state index >= 15 is 0 Å². The lowest BCUT2D eigenvalue weighted by atomic mass is 10.1. The van der Waals surface area contributed by atoms with Gasteiger partial charge in [0.1, 0.15) is 5.75 Å². The van der Waals surface area contributed by atoms with Crippen LogP contribution in [0, 0.1) is 6.92 Å². The number of benzene rings is 1. The van der Waals surface area contributed by atoms with E-state index in [0.717, 1.165) is 37.2 Å². The first-order chi connectivity index (χ1) is 9.69. The maximum absolute atomic E-state index is 11.6. The van der Waals surface area contributed by atoms with Gasteiger partial charge in [0.25, 0.3) is 0 Å². The van der Waals surface area contributed by atoms with E-state index in [4.69, 9.17) is 4.74 Å². The number of hydrogen-bond acceptors (Lipinski definition) is 3. The number of hydrogen-bond donors (Lipinski definition) is 2. The Bertz CT molecular complexity index is 460. The molecule has 1 aromatic carbocycles. The molecule has 4 heteroatoms. The Morgan fingerprint density at radius 3 is 3.10 bits per heavy atom. The second-order valence-electron chi connectivity index (χ2n) is 5.39. The van der Waals surface area contributed by atoms with E-state index in [1.54, 1.807) is 0 Å². The van der Waals surface area contributed by atoms with Gasteiger partial charge in [-0.25, -0.2) is 0 Å². The third-order valence-electron chi connectivity index (χ3n) is 3.44. The van der Waals surface area contributed by atoms with Crippen LogP contribution in [0.25, 0.3) is 0 Å². The first-order valence-corrected chi connectivity index (χ1v) is 7.45. The zero-order valence-electron chi connectivity index (χ0n) is 12.4. The van der Waals surface area contributed by atoms with Crippen molar-refractivity contribution in [3.8, 4) is 5.75 Å². The molecule has 0 bridgehead atoms. The Morgan fingerprint density at radius 2 is 2.30 bits per heavy atom. The van der Waals surface area contributed by atoms with Crippen molar-refractivity contribution in [2.24, 2.45) is 0 Å². The third kappa shape index (κ3) is 4.15. The maximum atomic E-state index is 11.6. The minimum Gasteiger partial charge on any atom is -0.491 e. The molecule has 2 rings (SSSR count). The third-order valence-corrected chi connectivity index (χ3v) is 3.44. The van der Waals surface area contributed by atoms with E-state index in [0.29, 0.717) is 13.0 Å². The van der Waals surface area contributed by atoms with Crippen molar-refractivity contribution >= 4 is 11.6 Å². The van der Waals surface area contributed by atoms with Crippen LogP contribution < -0.4 is 15.4 Å². The number of nitrogens with one attached hydrogen (secondary N) is 2. The van der Waals surface area contributed by atoms with Gasteiger partial charge in [0.05, 0.1) is 12.3 Å². The molecule has 0 aliphatic carbocycles. The highest BCUT2D eigenvalue weighted by molar-refractivity contribution is 5.77. The second-order valence-corrected chi connectivity index (χ2v) is 5.39. The Morgan fingerprint density at radius 1 is 1.45 bits per heavy atom. The van der Waals surface area contributed by atoms with E-state index in [-0.39, 0.29) is 11.9 Å². The number of amides is 1. The fraction of sp³-hybridized carbons (Fsp3) is 0.562. The normalized spacial score (nSPS) is 19.1. The Balaban J connectivity index is 2.08. The van der Waals surface area contributed by atoms with Crippen LogP contribution in [0.5, 0.6) is 5.75 Å². The van der Waals surface area contributed by atoms with E-state index in [1.807, 2.05) is 6.07 Å². The smallest absolute Gasteiger partial charge is 0.222 e. The van der Waals surface area contributed by atoms with Crippen molar-refractivity contribution in [2.75, 3.05) is 18.5 Å². The molecule has 1 aliphatic heterocycles. The topological polar surface area (TPSA) is 50.4 Å². The highest BCUT2D eigenvalue weighted by atomic mass is 16.5. The van der Waals surface area contributed by atoms with Crippen molar-refractivity contribution in [3.63, 3.8) is 0 Å². The number of carbonyl (C=O) groups is 1. The Kier molecular flexibility index (Phi) is 5.27. The summed E-state index contributed by atoms with van der Waals surface area (Å²) in [7, 11) is 0. The van der Waals surface area contributed by atoms with Gasteiger partial charge in [-0.05, 0) is 43.9 Å². The van der Waals surface area contributed by atoms with Gasteiger partial charge in [0.15, 0.2) is 0 Å². The molecule has 0 aromatic heterocycles. The molecule has 20 heavy (non-hydrogen) atoms. The first kappa shape index (κ1) is 14.7. The molecule has 4 nitrogen and oxygen atoms in total. The number of carbonyl (C=O) groups excluding carboxylic acids is 1. The standard InChI is InChI=1S/C16H24N2O2/c1-3-9-20-15-10-12(2)6-7-14(15)18-13-5-4-8-17-16(19)11-13/h6-7,10,13,18H,3-5,8-9,11H2,1-2H3,(H,17,19). The predicted molar refractivity (Wildman–Crippen MR) is 81.2 cm³/mol. The second kappa shape index (κ2) is 7.17. The zero-order chi connectivity index (χ0) is 14.4. The van der Waals surface area contributed by atoms with Gasteiger partial charge in [-0.3, -0.25) is 4.79 Å². The van der Waals surface area contributed by atoms with Crippen LogP contribution in [0.15, 0.2) is 18.2 Å². The molecule has 110 valence electrons. The first-order valence-electron chi connectivity index (χ1n) is 7.45. The monoisotopic (exact) mass is 276 g/mol. The molecule has 0 saturated carbocycles. The summed E-state index contributed by atoms with van der Waals surface area (Å²) >= 11 is 0.